The summed E-state index contributed by atoms with van der Waals surface area (Å²) in [4.78, 5) is 22.4. The van der Waals surface area contributed by atoms with Crippen LogP contribution in [0.15, 0.2) is 110 Å². The van der Waals surface area contributed by atoms with Crippen molar-refractivity contribution < 1.29 is 9.59 Å². The first-order valence-electron chi connectivity index (χ1n) is 10.0. The molecular formula is C27H28N2O2. The first-order valence-corrected chi connectivity index (χ1v) is 10.0. The topological polar surface area (TPSA) is 58.2 Å². The van der Waals surface area contributed by atoms with Crippen molar-refractivity contribution in [2.45, 2.75) is 19.5 Å². The lowest BCUT2D eigenvalue weighted by atomic mass is 9.99. The minimum atomic E-state index is -0.173. The van der Waals surface area contributed by atoms with Crippen LogP contribution in [0, 0.1) is 6.92 Å². The van der Waals surface area contributed by atoms with Gasteiger partial charge in [0.1, 0.15) is 0 Å². The van der Waals surface area contributed by atoms with Crippen LogP contribution in [0.5, 0.6) is 0 Å². The average molecular weight is 413 g/mol. The van der Waals surface area contributed by atoms with E-state index >= 15 is 0 Å². The van der Waals surface area contributed by atoms with E-state index in [9.17, 15) is 9.59 Å². The molecule has 3 rings (SSSR count). The maximum Gasteiger partial charge on any atom is 0.244 e. The Morgan fingerprint density at radius 2 is 1.26 bits per heavy atom. The second-order valence-corrected chi connectivity index (χ2v) is 6.87. The molecule has 0 radical (unpaired) electrons. The van der Waals surface area contributed by atoms with Crippen LogP contribution in [0.2, 0.25) is 0 Å². The molecule has 0 aromatic heterocycles. The van der Waals surface area contributed by atoms with Gasteiger partial charge in [-0.1, -0.05) is 104 Å². The minimum absolute atomic E-state index is 0.138. The summed E-state index contributed by atoms with van der Waals surface area (Å²) in [5.41, 5.74) is 4.43. The molecule has 2 amide bonds. The number of carbonyl (C=O) groups is 2. The van der Waals surface area contributed by atoms with E-state index in [4.69, 9.17) is 0 Å². The fourth-order valence-corrected chi connectivity index (χ4v) is 2.82. The zero-order valence-electron chi connectivity index (χ0n) is 17.8. The van der Waals surface area contributed by atoms with E-state index in [0.717, 1.165) is 16.7 Å². The Kier molecular flexibility index (Phi) is 9.50. The van der Waals surface area contributed by atoms with Crippen molar-refractivity contribution >= 4 is 11.8 Å². The van der Waals surface area contributed by atoms with E-state index in [2.05, 4.69) is 23.8 Å². The van der Waals surface area contributed by atoms with Crippen LogP contribution in [-0.4, -0.2) is 11.8 Å². The molecule has 0 fully saturated rings. The number of hydrogen-bond acceptors (Lipinski definition) is 2. The monoisotopic (exact) mass is 412 g/mol. The zero-order valence-corrected chi connectivity index (χ0v) is 17.8. The van der Waals surface area contributed by atoms with Gasteiger partial charge in [0.05, 0.1) is 6.04 Å². The second kappa shape index (κ2) is 12.6. The maximum atomic E-state index is 11.5. The van der Waals surface area contributed by atoms with Gasteiger partial charge in [0, 0.05) is 6.54 Å². The summed E-state index contributed by atoms with van der Waals surface area (Å²) in [6.07, 6.45) is 2.56. The third-order valence-electron chi connectivity index (χ3n) is 4.51. The molecule has 0 unspecified atom stereocenters. The van der Waals surface area contributed by atoms with E-state index in [1.807, 2.05) is 91.9 Å². The van der Waals surface area contributed by atoms with E-state index in [0.29, 0.717) is 6.54 Å². The molecule has 0 aliphatic carbocycles. The molecule has 0 bridgehead atoms. The third kappa shape index (κ3) is 8.15. The zero-order chi connectivity index (χ0) is 22.5. The Hall–Kier alpha value is -3.92. The van der Waals surface area contributed by atoms with Crippen molar-refractivity contribution in [3.8, 4) is 0 Å². The number of nitrogens with one attached hydrogen (secondary N) is 2. The van der Waals surface area contributed by atoms with Gasteiger partial charge >= 0.3 is 0 Å². The highest BCUT2D eigenvalue weighted by Crippen LogP contribution is 2.21. The molecule has 0 saturated carbocycles. The molecule has 3 aromatic rings. The standard InChI is InChI=1S/C16H15NO.C11H13NO/c1-2-15(18)17-16(13-9-5-3-6-10-13)14-11-7-4-8-12-14;1-3-11(13)12-8-10-6-4-9(2)5-7-10/h2-12,16H,1H2,(H,17,18);3-7H,1,8H2,2H3,(H,12,13). The van der Waals surface area contributed by atoms with Crippen molar-refractivity contribution in [2.75, 3.05) is 0 Å². The highest BCUT2D eigenvalue weighted by Gasteiger charge is 2.14. The predicted molar refractivity (Wildman–Crippen MR) is 126 cm³/mol. The Bertz CT molecular complexity index is 941. The molecule has 2 N–H and O–H groups in total. The lowest BCUT2D eigenvalue weighted by Gasteiger charge is -2.18. The average Bonchev–Trinajstić information content (AvgIpc) is 2.83. The molecule has 158 valence electrons. The number of aryl methyl sites for hydroxylation is 1. The van der Waals surface area contributed by atoms with Crippen LogP contribution < -0.4 is 10.6 Å². The number of benzene rings is 3. The summed E-state index contributed by atoms with van der Waals surface area (Å²) < 4.78 is 0. The molecular weight excluding hydrogens is 384 g/mol. The second-order valence-electron chi connectivity index (χ2n) is 6.87. The van der Waals surface area contributed by atoms with Crippen molar-refractivity contribution in [3.05, 3.63) is 132 Å². The van der Waals surface area contributed by atoms with Crippen LogP contribution >= 0.6 is 0 Å². The Labute approximate surface area is 184 Å². The highest BCUT2D eigenvalue weighted by molar-refractivity contribution is 5.87. The van der Waals surface area contributed by atoms with Gasteiger partial charge in [0.2, 0.25) is 11.8 Å². The summed E-state index contributed by atoms with van der Waals surface area (Å²) in [6, 6.07) is 27.7. The van der Waals surface area contributed by atoms with Crippen LogP contribution in [0.25, 0.3) is 0 Å². The van der Waals surface area contributed by atoms with Gasteiger partial charge in [-0.05, 0) is 35.8 Å². The van der Waals surface area contributed by atoms with Crippen molar-refractivity contribution in [1.29, 1.82) is 0 Å². The number of rotatable bonds is 7. The summed E-state index contributed by atoms with van der Waals surface area (Å²) >= 11 is 0. The van der Waals surface area contributed by atoms with Gasteiger partial charge in [-0.2, -0.15) is 0 Å². The van der Waals surface area contributed by atoms with Crippen molar-refractivity contribution in [3.63, 3.8) is 0 Å². The van der Waals surface area contributed by atoms with Crippen LogP contribution in [0.4, 0.5) is 0 Å². The molecule has 0 aliphatic rings. The van der Waals surface area contributed by atoms with Crippen molar-refractivity contribution in [2.24, 2.45) is 0 Å². The van der Waals surface area contributed by atoms with Crippen LogP contribution in [0.1, 0.15) is 28.3 Å². The van der Waals surface area contributed by atoms with Crippen LogP contribution in [0.3, 0.4) is 0 Å². The summed E-state index contributed by atoms with van der Waals surface area (Å²) in [6.45, 7) is 9.46. The fraction of sp³-hybridized carbons (Fsp3) is 0.111. The molecule has 31 heavy (non-hydrogen) atoms. The van der Waals surface area contributed by atoms with Gasteiger partial charge in [0.25, 0.3) is 0 Å². The van der Waals surface area contributed by atoms with Gasteiger partial charge < -0.3 is 10.6 Å². The predicted octanol–water partition coefficient (Wildman–Crippen LogP) is 4.88. The molecule has 0 heterocycles. The van der Waals surface area contributed by atoms with Gasteiger partial charge in [-0.3, -0.25) is 9.59 Å². The van der Waals surface area contributed by atoms with Gasteiger partial charge in [-0.15, -0.1) is 0 Å². The lowest BCUT2D eigenvalue weighted by molar-refractivity contribution is -0.117. The van der Waals surface area contributed by atoms with Crippen molar-refractivity contribution in [1.82, 2.24) is 10.6 Å². The molecule has 0 spiro atoms. The lowest BCUT2D eigenvalue weighted by Crippen LogP contribution is -2.27. The maximum absolute atomic E-state index is 11.5. The van der Waals surface area contributed by atoms with Crippen LogP contribution in [-0.2, 0) is 16.1 Å². The van der Waals surface area contributed by atoms with Gasteiger partial charge in [0.15, 0.2) is 0 Å². The smallest absolute Gasteiger partial charge is 0.244 e. The Morgan fingerprint density at radius 1 is 0.774 bits per heavy atom. The number of amides is 2. The van der Waals surface area contributed by atoms with E-state index in [1.54, 1.807) is 0 Å². The first-order chi connectivity index (χ1) is 15.0. The van der Waals surface area contributed by atoms with E-state index < -0.39 is 0 Å². The Balaban J connectivity index is 0.000000233. The van der Waals surface area contributed by atoms with E-state index in [-0.39, 0.29) is 17.9 Å². The molecule has 4 nitrogen and oxygen atoms in total. The molecule has 3 aromatic carbocycles. The fourth-order valence-electron chi connectivity index (χ4n) is 2.82. The molecule has 4 heteroatoms. The largest absolute Gasteiger partial charge is 0.348 e. The molecule has 0 saturated heterocycles. The summed E-state index contributed by atoms with van der Waals surface area (Å²) in [5, 5.41) is 5.65. The summed E-state index contributed by atoms with van der Waals surface area (Å²) in [5.74, 6) is -0.312. The normalized spacial score (nSPS) is 9.74. The number of carbonyl (C=O) groups excluding carboxylic acids is 2. The minimum Gasteiger partial charge on any atom is -0.348 e. The Morgan fingerprint density at radius 3 is 1.71 bits per heavy atom. The quantitative estimate of drug-likeness (QED) is 0.544. The number of hydrogen-bond donors (Lipinski definition) is 2. The molecule has 0 atom stereocenters. The third-order valence-corrected chi connectivity index (χ3v) is 4.51. The first kappa shape index (κ1) is 23.4. The van der Waals surface area contributed by atoms with Gasteiger partial charge in [-0.25, -0.2) is 0 Å². The molecule has 0 aliphatic heterocycles. The SMILES string of the molecule is C=CC(=O)NC(c1ccccc1)c1ccccc1.C=CC(=O)NCc1ccc(C)cc1. The highest BCUT2D eigenvalue weighted by atomic mass is 16.2. The van der Waals surface area contributed by atoms with E-state index in [1.165, 1.54) is 17.7 Å². The summed E-state index contributed by atoms with van der Waals surface area (Å²) in [7, 11) is 0.